The van der Waals surface area contributed by atoms with Crippen LogP contribution in [0.2, 0.25) is 0 Å². The highest BCUT2D eigenvalue weighted by atomic mass is 16.5. The molecule has 0 heterocycles. The molecule has 2 aromatic rings. The molecule has 0 saturated carbocycles. The van der Waals surface area contributed by atoms with Crippen LogP contribution in [0.25, 0.3) is 6.08 Å². The molecule has 0 atom stereocenters. The maximum absolute atomic E-state index is 12.3. The number of carbonyl (C=O) groups excluding carboxylic acids is 2. The summed E-state index contributed by atoms with van der Waals surface area (Å²) < 4.78 is 10.5. The van der Waals surface area contributed by atoms with Crippen molar-refractivity contribution < 1.29 is 19.1 Å². The molecule has 0 aliphatic rings. The molecule has 5 nitrogen and oxygen atoms in total. The first-order valence-corrected chi connectivity index (χ1v) is 7.55. The quantitative estimate of drug-likeness (QED) is 0.618. The summed E-state index contributed by atoms with van der Waals surface area (Å²) in [6.07, 6.45) is 4.33. The first-order chi connectivity index (χ1) is 12.1. The van der Waals surface area contributed by atoms with Crippen LogP contribution in [0.4, 0.5) is 5.69 Å². The Morgan fingerprint density at radius 3 is 2.36 bits per heavy atom. The number of amides is 1. The van der Waals surface area contributed by atoms with Crippen molar-refractivity contribution in [1.29, 1.82) is 0 Å². The molecule has 5 heteroatoms. The second-order valence-electron chi connectivity index (χ2n) is 5.08. The van der Waals surface area contributed by atoms with Crippen LogP contribution in [-0.2, 0) is 4.79 Å². The SMILES string of the molecule is C=CC(=O)Nc1ccc(C(=O)C=Cc2cc(OC)ccc2OC)cc1. The van der Waals surface area contributed by atoms with E-state index in [1.54, 1.807) is 62.8 Å². The lowest BCUT2D eigenvalue weighted by molar-refractivity contribution is -0.111. The van der Waals surface area contributed by atoms with Crippen molar-refractivity contribution in [2.24, 2.45) is 0 Å². The molecule has 0 aliphatic heterocycles. The van der Waals surface area contributed by atoms with Crippen LogP contribution in [0.5, 0.6) is 11.5 Å². The van der Waals surface area contributed by atoms with E-state index in [0.29, 0.717) is 22.7 Å². The fourth-order valence-electron chi connectivity index (χ4n) is 2.14. The van der Waals surface area contributed by atoms with Gasteiger partial charge in [-0.3, -0.25) is 9.59 Å². The van der Waals surface area contributed by atoms with Crippen LogP contribution < -0.4 is 14.8 Å². The van der Waals surface area contributed by atoms with Crippen molar-refractivity contribution in [3.05, 3.63) is 72.3 Å². The first-order valence-electron chi connectivity index (χ1n) is 7.55. The summed E-state index contributed by atoms with van der Waals surface area (Å²) in [5, 5.41) is 2.63. The molecule has 2 rings (SSSR count). The number of hydrogen-bond acceptors (Lipinski definition) is 4. The fourth-order valence-corrected chi connectivity index (χ4v) is 2.14. The molecule has 1 N–H and O–H groups in total. The second-order valence-corrected chi connectivity index (χ2v) is 5.08. The number of anilines is 1. The topological polar surface area (TPSA) is 64.6 Å². The van der Waals surface area contributed by atoms with Gasteiger partial charge in [0.25, 0.3) is 0 Å². The largest absolute Gasteiger partial charge is 0.497 e. The van der Waals surface area contributed by atoms with Crippen LogP contribution in [0, 0.1) is 0 Å². The van der Waals surface area contributed by atoms with Crippen molar-refractivity contribution >= 4 is 23.5 Å². The van der Waals surface area contributed by atoms with Gasteiger partial charge in [-0.05, 0) is 60.7 Å². The summed E-state index contributed by atoms with van der Waals surface area (Å²) in [5.74, 6) is 0.859. The summed E-state index contributed by atoms with van der Waals surface area (Å²) in [6, 6.07) is 12.0. The van der Waals surface area contributed by atoms with Gasteiger partial charge in [-0.15, -0.1) is 0 Å². The van der Waals surface area contributed by atoms with E-state index in [1.807, 2.05) is 0 Å². The zero-order valence-electron chi connectivity index (χ0n) is 14.1. The minimum Gasteiger partial charge on any atom is -0.497 e. The molecule has 2 aromatic carbocycles. The van der Waals surface area contributed by atoms with E-state index in [-0.39, 0.29) is 11.7 Å². The van der Waals surface area contributed by atoms with Crippen molar-refractivity contribution in [1.82, 2.24) is 0 Å². The lowest BCUT2D eigenvalue weighted by Crippen LogP contribution is -2.07. The molecular formula is C20H19NO4. The summed E-state index contributed by atoms with van der Waals surface area (Å²) in [4.78, 5) is 23.5. The van der Waals surface area contributed by atoms with Crippen LogP contribution >= 0.6 is 0 Å². The van der Waals surface area contributed by atoms with Gasteiger partial charge in [-0.2, -0.15) is 0 Å². The number of rotatable bonds is 7. The van der Waals surface area contributed by atoms with Gasteiger partial charge in [0, 0.05) is 16.8 Å². The summed E-state index contributed by atoms with van der Waals surface area (Å²) >= 11 is 0. The Morgan fingerprint density at radius 2 is 1.76 bits per heavy atom. The van der Waals surface area contributed by atoms with Gasteiger partial charge in [0.15, 0.2) is 5.78 Å². The average molecular weight is 337 g/mol. The molecule has 0 spiro atoms. The van der Waals surface area contributed by atoms with E-state index in [0.717, 1.165) is 5.56 Å². The van der Waals surface area contributed by atoms with Gasteiger partial charge in [0.05, 0.1) is 14.2 Å². The minimum absolute atomic E-state index is 0.161. The highest BCUT2D eigenvalue weighted by molar-refractivity contribution is 6.07. The Kier molecular flexibility index (Phi) is 6.12. The molecule has 0 aromatic heterocycles. The van der Waals surface area contributed by atoms with Crippen molar-refractivity contribution in [3.8, 4) is 11.5 Å². The van der Waals surface area contributed by atoms with Gasteiger partial charge in [0.1, 0.15) is 11.5 Å². The maximum atomic E-state index is 12.3. The van der Waals surface area contributed by atoms with Gasteiger partial charge in [0.2, 0.25) is 5.91 Å². The number of methoxy groups -OCH3 is 2. The molecular weight excluding hydrogens is 318 g/mol. The number of hydrogen-bond donors (Lipinski definition) is 1. The van der Waals surface area contributed by atoms with E-state index in [2.05, 4.69) is 11.9 Å². The number of allylic oxidation sites excluding steroid dienone is 1. The van der Waals surface area contributed by atoms with Gasteiger partial charge in [-0.1, -0.05) is 6.58 Å². The monoisotopic (exact) mass is 337 g/mol. The predicted molar refractivity (Wildman–Crippen MR) is 98.2 cm³/mol. The van der Waals surface area contributed by atoms with Gasteiger partial charge >= 0.3 is 0 Å². The molecule has 0 radical (unpaired) electrons. The standard InChI is InChI=1S/C20H19NO4/c1-4-20(23)21-16-8-5-14(6-9-16)18(22)11-7-15-13-17(24-2)10-12-19(15)25-3/h4-13H,1H2,2-3H3,(H,21,23). The number of benzene rings is 2. The van der Waals surface area contributed by atoms with E-state index < -0.39 is 0 Å². The zero-order chi connectivity index (χ0) is 18.2. The minimum atomic E-state index is -0.302. The Morgan fingerprint density at radius 1 is 1.04 bits per heavy atom. The predicted octanol–water partition coefficient (Wildman–Crippen LogP) is 3.72. The van der Waals surface area contributed by atoms with Crippen LogP contribution in [0.15, 0.2) is 61.2 Å². The zero-order valence-corrected chi connectivity index (χ0v) is 14.1. The molecule has 0 unspecified atom stereocenters. The molecule has 0 aliphatic carbocycles. The number of carbonyl (C=O) groups is 2. The van der Waals surface area contributed by atoms with Crippen LogP contribution in [0.3, 0.4) is 0 Å². The number of ketones is 1. The lowest BCUT2D eigenvalue weighted by Gasteiger charge is -2.07. The molecule has 25 heavy (non-hydrogen) atoms. The van der Waals surface area contributed by atoms with E-state index in [4.69, 9.17) is 9.47 Å². The third kappa shape index (κ3) is 4.81. The second kappa shape index (κ2) is 8.49. The molecule has 1 amide bonds. The summed E-state index contributed by atoms with van der Waals surface area (Å²) in [6.45, 7) is 3.39. The Labute approximate surface area is 146 Å². The Hall–Kier alpha value is -3.34. The summed E-state index contributed by atoms with van der Waals surface area (Å²) in [7, 11) is 3.14. The third-order valence-electron chi connectivity index (χ3n) is 3.47. The van der Waals surface area contributed by atoms with Crippen molar-refractivity contribution in [2.45, 2.75) is 0 Å². The van der Waals surface area contributed by atoms with E-state index in [1.165, 1.54) is 12.2 Å². The van der Waals surface area contributed by atoms with E-state index in [9.17, 15) is 9.59 Å². The number of ether oxygens (including phenoxy) is 2. The van der Waals surface area contributed by atoms with E-state index >= 15 is 0 Å². The van der Waals surface area contributed by atoms with Crippen LogP contribution in [0.1, 0.15) is 15.9 Å². The highest BCUT2D eigenvalue weighted by Gasteiger charge is 2.05. The van der Waals surface area contributed by atoms with Crippen molar-refractivity contribution in [2.75, 3.05) is 19.5 Å². The number of nitrogens with one attached hydrogen (secondary N) is 1. The molecule has 0 saturated heterocycles. The molecule has 128 valence electrons. The average Bonchev–Trinajstić information content (AvgIpc) is 2.66. The Bertz CT molecular complexity index is 807. The normalized spacial score (nSPS) is 10.3. The fraction of sp³-hybridized carbons (Fsp3) is 0.100. The summed E-state index contributed by atoms with van der Waals surface area (Å²) in [5.41, 5.74) is 1.85. The third-order valence-corrected chi connectivity index (χ3v) is 3.47. The first kappa shape index (κ1) is 18.0. The smallest absolute Gasteiger partial charge is 0.247 e. The van der Waals surface area contributed by atoms with Gasteiger partial charge in [-0.25, -0.2) is 0 Å². The maximum Gasteiger partial charge on any atom is 0.247 e. The van der Waals surface area contributed by atoms with Crippen molar-refractivity contribution in [3.63, 3.8) is 0 Å². The highest BCUT2D eigenvalue weighted by Crippen LogP contribution is 2.25. The molecule has 0 bridgehead atoms. The lowest BCUT2D eigenvalue weighted by atomic mass is 10.1. The van der Waals surface area contributed by atoms with Gasteiger partial charge < -0.3 is 14.8 Å². The Balaban J connectivity index is 2.15. The molecule has 0 fully saturated rings. The van der Waals surface area contributed by atoms with Crippen LogP contribution in [-0.4, -0.2) is 25.9 Å².